The fourth-order valence-corrected chi connectivity index (χ4v) is 2.08. The number of aliphatic hydroxyl groups is 1. The minimum absolute atomic E-state index is 0.0259. The third-order valence-electron chi connectivity index (χ3n) is 2.97. The van der Waals surface area contributed by atoms with Crippen LogP contribution in [0.3, 0.4) is 0 Å². The highest BCUT2D eigenvalue weighted by Crippen LogP contribution is 2.23. The molecule has 15 heavy (non-hydrogen) atoms. The first-order valence-corrected chi connectivity index (χ1v) is 5.88. The van der Waals surface area contributed by atoms with E-state index in [9.17, 15) is 9.90 Å². The van der Waals surface area contributed by atoms with Crippen LogP contribution in [-0.4, -0.2) is 22.7 Å². The molecule has 1 aliphatic carbocycles. The molecule has 0 aromatic rings. The van der Waals surface area contributed by atoms with Gasteiger partial charge in [-0.2, -0.15) is 0 Å². The van der Waals surface area contributed by atoms with Gasteiger partial charge in [0.25, 0.3) is 0 Å². The van der Waals surface area contributed by atoms with Crippen molar-refractivity contribution < 1.29 is 9.90 Å². The molecule has 0 unspecified atom stereocenters. The first-order valence-electron chi connectivity index (χ1n) is 5.88. The van der Waals surface area contributed by atoms with Gasteiger partial charge >= 0.3 is 0 Å². The first kappa shape index (κ1) is 12.5. The Morgan fingerprint density at radius 3 is 2.33 bits per heavy atom. The number of rotatable bonds is 3. The van der Waals surface area contributed by atoms with E-state index in [2.05, 4.69) is 12.2 Å². The molecule has 3 nitrogen and oxygen atoms in total. The maximum absolute atomic E-state index is 11.5. The lowest BCUT2D eigenvalue weighted by Crippen LogP contribution is -2.40. The molecule has 1 saturated carbocycles. The quantitative estimate of drug-likeness (QED) is 0.751. The third kappa shape index (κ3) is 5.17. The van der Waals surface area contributed by atoms with Crippen LogP contribution in [0.5, 0.6) is 0 Å². The van der Waals surface area contributed by atoms with E-state index in [0.717, 1.165) is 18.8 Å². The summed E-state index contributed by atoms with van der Waals surface area (Å²) in [6.07, 6.45) is 4.76. The van der Waals surface area contributed by atoms with Crippen LogP contribution in [0.1, 0.15) is 52.9 Å². The molecule has 1 amide bonds. The molecule has 0 spiro atoms. The van der Waals surface area contributed by atoms with E-state index in [1.807, 2.05) is 0 Å². The summed E-state index contributed by atoms with van der Waals surface area (Å²) in [5, 5.41) is 12.5. The van der Waals surface area contributed by atoms with Gasteiger partial charge < -0.3 is 10.4 Å². The molecule has 0 aromatic heterocycles. The Hall–Kier alpha value is -0.570. The smallest absolute Gasteiger partial charge is 0.223 e. The monoisotopic (exact) mass is 213 g/mol. The summed E-state index contributed by atoms with van der Waals surface area (Å²) in [6.45, 7) is 5.58. The number of nitrogens with one attached hydrogen (secondary N) is 1. The summed E-state index contributed by atoms with van der Waals surface area (Å²) in [6, 6.07) is 0.330. The lowest BCUT2D eigenvalue weighted by molar-refractivity contribution is -0.125. The van der Waals surface area contributed by atoms with Crippen molar-refractivity contribution in [3.05, 3.63) is 0 Å². The summed E-state index contributed by atoms with van der Waals surface area (Å²) >= 11 is 0. The normalized spacial score (nSPS) is 27.5. The molecular formula is C12H23NO2. The van der Waals surface area contributed by atoms with Crippen LogP contribution in [0.2, 0.25) is 0 Å². The van der Waals surface area contributed by atoms with E-state index in [0.29, 0.717) is 6.04 Å². The van der Waals surface area contributed by atoms with Gasteiger partial charge in [-0.3, -0.25) is 4.79 Å². The maximum atomic E-state index is 11.5. The minimum atomic E-state index is -0.897. The van der Waals surface area contributed by atoms with Crippen LogP contribution in [0.4, 0.5) is 0 Å². The summed E-state index contributed by atoms with van der Waals surface area (Å²) in [5.41, 5.74) is -0.897. The molecular weight excluding hydrogens is 190 g/mol. The number of hydrogen-bond donors (Lipinski definition) is 2. The molecule has 0 aromatic carbocycles. The van der Waals surface area contributed by atoms with Crippen molar-refractivity contribution in [2.45, 2.75) is 64.5 Å². The van der Waals surface area contributed by atoms with Crippen LogP contribution < -0.4 is 5.32 Å². The lowest BCUT2D eigenvalue weighted by Gasteiger charge is -2.28. The lowest BCUT2D eigenvalue weighted by atomic mass is 9.87. The van der Waals surface area contributed by atoms with Crippen molar-refractivity contribution in [3.63, 3.8) is 0 Å². The van der Waals surface area contributed by atoms with Crippen LogP contribution in [0.15, 0.2) is 0 Å². The van der Waals surface area contributed by atoms with Gasteiger partial charge in [0.1, 0.15) is 0 Å². The number of carbonyl (C=O) groups is 1. The zero-order chi connectivity index (χ0) is 11.5. The highest BCUT2D eigenvalue weighted by Gasteiger charge is 2.23. The van der Waals surface area contributed by atoms with Gasteiger partial charge in [0.15, 0.2) is 0 Å². The summed E-state index contributed by atoms with van der Waals surface area (Å²) in [7, 11) is 0. The largest absolute Gasteiger partial charge is 0.390 e. The van der Waals surface area contributed by atoms with Gasteiger partial charge in [-0.15, -0.1) is 0 Å². The van der Waals surface area contributed by atoms with Gasteiger partial charge in [-0.1, -0.05) is 6.92 Å². The second kappa shape index (κ2) is 4.97. The van der Waals surface area contributed by atoms with Crippen LogP contribution in [-0.2, 0) is 4.79 Å². The van der Waals surface area contributed by atoms with E-state index in [-0.39, 0.29) is 12.3 Å². The zero-order valence-corrected chi connectivity index (χ0v) is 10.0. The van der Waals surface area contributed by atoms with E-state index in [4.69, 9.17) is 0 Å². The molecule has 0 radical (unpaired) electrons. The van der Waals surface area contributed by atoms with E-state index < -0.39 is 5.60 Å². The van der Waals surface area contributed by atoms with Gasteiger partial charge in [0.05, 0.1) is 12.0 Å². The van der Waals surface area contributed by atoms with E-state index in [1.54, 1.807) is 13.8 Å². The third-order valence-corrected chi connectivity index (χ3v) is 2.97. The summed E-state index contributed by atoms with van der Waals surface area (Å²) in [5.74, 6) is 0.773. The zero-order valence-electron chi connectivity index (χ0n) is 10.0. The average Bonchev–Trinajstić information content (AvgIpc) is 2.05. The topological polar surface area (TPSA) is 49.3 Å². The van der Waals surface area contributed by atoms with Gasteiger partial charge in [0.2, 0.25) is 5.91 Å². The number of hydrogen-bond acceptors (Lipinski definition) is 2. The number of amides is 1. The molecule has 0 aliphatic heterocycles. The predicted molar refractivity (Wildman–Crippen MR) is 60.5 cm³/mol. The predicted octanol–water partition coefficient (Wildman–Crippen LogP) is 1.84. The van der Waals surface area contributed by atoms with Gasteiger partial charge in [-0.05, 0) is 45.4 Å². The van der Waals surface area contributed by atoms with Gasteiger partial charge in [-0.25, -0.2) is 0 Å². The SMILES string of the molecule is CC(C)(O)CC(=O)N[C@H]1CC[C@H](C)CC1. The van der Waals surface area contributed by atoms with Gasteiger partial charge in [0, 0.05) is 6.04 Å². The Bertz CT molecular complexity index is 212. The highest BCUT2D eigenvalue weighted by atomic mass is 16.3. The Morgan fingerprint density at radius 1 is 1.33 bits per heavy atom. The molecule has 2 N–H and O–H groups in total. The van der Waals surface area contributed by atoms with E-state index >= 15 is 0 Å². The molecule has 0 saturated heterocycles. The van der Waals surface area contributed by atoms with E-state index in [1.165, 1.54) is 12.8 Å². The maximum Gasteiger partial charge on any atom is 0.223 e. The number of carbonyl (C=O) groups excluding carboxylic acids is 1. The summed E-state index contributed by atoms with van der Waals surface area (Å²) < 4.78 is 0. The average molecular weight is 213 g/mol. The Kier molecular flexibility index (Phi) is 4.14. The minimum Gasteiger partial charge on any atom is -0.390 e. The molecule has 1 aliphatic rings. The van der Waals surface area contributed by atoms with Crippen LogP contribution in [0, 0.1) is 5.92 Å². The second-order valence-electron chi connectivity index (χ2n) is 5.51. The van der Waals surface area contributed by atoms with Crippen molar-refractivity contribution in [2.75, 3.05) is 0 Å². The fourth-order valence-electron chi connectivity index (χ4n) is 2.08. The standard InChI is InChI=1S/C12H23NO2/c1-9-4-6-10(7-5-9)13-11(14)8-12(2,3)15/h9-10,15H,4-8H2,1-3H3,(H,13,14)/t9-,10-. The molecule has 1 fully saturated rings. The molecule has 88 valence electrons. The Balaban J connectivity index is 2.27. The summed E-state index contributed by atoms with van der Waals surface area (Å²) in [4.78, 5) is 11.5. The first-order chi connectivity index (χ1) is 6.87. The van der Waals surface area contributed by atoms with Crippen molar-refractivity contribution in [1.82, 2.24) is 5.32 Å². The highest BCUT2D eigenvalue weighted by molar-refractivity contribution is 5.77. The van der Waals surface area contributed by atoms with Crippen molar-refractivity contribution >= 4 is 5.91 Å². The fraction of sp³-hybridized carbons (Fsp3) is 0.917. The molecule has 0 atom stereocenters. The van der Waals surface area contributed by atoms with Crippen molar-refractivity contribution in [2.24, 2.45) is 5.92 Å². The van der Waals surface area contributed by atoms with Crippen LogP contribution in [0.25, 0.3) is 0 Å². The molecule has 1 rings (SSSR count). The van der Waals surface area contributed by atoms with Crippen LogP contribution >= 0.6 is 0 Å². The molecule has 3 heteroatoms. The Morgan fingerprint density at radius 2 is 1.87 bits per heavy atom. The second-order valence-corrected chi connectivity index (χ2v) is 5.51. The van der Waals surface area contributed by atoms with Crippen molar-refractivity contribution in [3.8, 4) is 0 Å². The molecule has 0 heterocycles. The molecule has 0 bridgehead atoms. The van der Waals surface area contributed by atoms with Crippen molar-refractivity contribution in [1.29, 1.82) is 0 Å². The Labute approximate surface area is 92.3 Å².